The maximum atomic E-state index is 12.5. The van der Waals surface area contributed by atoms with Crippen molar-refractivity contribution in [1.82, 2.24) is 30.0 Å². The van der Waals surface area contributed by atoms with Gasteiger partial charge in [-0.3, -0.25) is 4.79 Å². The maximum Gasteiger partial charge on any atom is 0.251 e. The SMILES string of the molecule is O=C(NCc1ccc(-c2nc3ccccc3s2)o1)c1ccnc(-n2cncn2)c1. The van der Waals surface area contributed by atoms with Crippen molar-refractivity contribution >= 4 is 27.5 Å². The molecule has 1 amide bonds. The topological polar surface area (TPSA) is 98.7 Å². The van der Waals surface area contributed by atoms with E-state index in [4.69, 9.17) is 4.42 Å². The van der Waals surface area contributed by atoms with Crippen LogP contribution in [0.15, 0.2) is 71.8 Å². The number of furan rings is 1. The Balaban J connectivity index is 1.28. The van der Waals surface area contributed by atoms with Gasteiger partial charge >= 0.3 is 0 Å². The average molecular weight is 402 g/mol. The lowest BCUT2D eigenvalue weighted by atomic mass is 10.2. The second kappa shape index (κ2) is 7.28. The molecule has 0 saturated heterocycles. The Kier molecular flexibility index (Phi) is 4.34. The Labute approximate surface area is 168 Å². The molecule has 5 rings (SSSR count). The fraction of sp³-hybridized carbons (Fsp3) is 0.0500. The van der Waals surface area contributed by atoms with Crippen LogP contribution in [0.25, 0.3) is 26.8 Å². The molecular formula is C20H14N6O2S. The Morgan fingerprint density at radius 3 is 2.97 bits per heavy atom. The molecule has 0 bridgehead atoms. The predicted molar refractivity (Wildman–Crippen MR) is 108 cm³/mol. The molecule has 0 radical (unpaired) electrons. The summed E-state index contributed by atoms with van der Waals surface area (Å²) in [5.74, 6) is 1.63. The molecule has 29 heavy (non-hydrogen) atoms. The number of benzene rings is 1. The summed E-state index contributed by atoms with van der Waals surface area (Å²) in [6.07, 6.45) is 4.49. The summed E-state index contributed by atoms with van der Waals surface area (Å²) in [5.41, 5.74) is 1.42. The third-order valence-corrected chi connectivity index (χ3v) is 5.30. The molecule has 0 aliphatic carbocycles. The van der Waals surface area contributed by atoms with Gasteiger partial charge in [0.15, 0.2) is 16.6 Å². The van der Waals surface area contributed by atoms with E-state index in [1.807, 2.05) is 36.4 Å². The van der Waals surface area contributed by atoms with Crippen LogP contribution in [0.4, 0.5) is 0 Å². The number of hydrogen-bond acceptors (Lipinski definition) is 7. The molecular weight excluding hydrogens is 388 g/mol. The van der Waals surface area contributed by atoms with Crippen LogP contribution < -0.4 is 5.32 Å². The summed E-state index contributed by atoms with van der Waals surface area (Å²) < 4.78 is 8.47. The van der Waals surface area contributed by atoms with E-state index < -0.39 is 0 Å². The van der Waals surface area contributed by atoms with Gasteiger partial charge in [0.25, 0.3) is 5.91 Å². The molecule has 0 unspecified atom stereocenters. The van der Waals surface area contributed by atoms with Crippen LogP contribution in [-0.4, -0.2) is 30.6 Å². The molecule has 0 saturated carbocycles. The van der Waals surface area contributed by atoms with E-state index in [9.17, 15) is 4.79 Å². The van der Waals surface area contributed by atoms with Crippen LogP contribution in [0.3, 0.4) is 0 Å². The van der Waals surface area contributed by atoms with E-state index in [-0.39, 0.29) is 12.5 Å². The molecule has 5 aromatic rings. The Bertz CT molecular complexity index is 1260. The summed E-state index contributed by atoms with van der Waals surface area (Å²) in [4.78, 5) is 25.2. The lowest BCUT2D eigenvalue weighted by Gasteiger charge is -2.05. The van der Waals surface area contributed by atoms with E-state index in [1.165, 1.54) is 17.3 Å². The van der Waals surface area contributed by atoms with Gasteiger partial charge in [-0.2, -0.15) is 5.10 Å². The van der Waals surface area contributed by atoms with Gasteiger partial charge in [-0.25, -0.2) is 19.6 Å². The lowest BCUT2D eigenvalue weighted by Crippen LogP contribution is -2.22. The number of fused-ring (bicyclic) bond motifs is 1. The summed E-state index contributed by atoms with van der Waals surface area (Å²) >= 11 is 1.57. The number of pyridine rings is 1. The molecule has 4 heterocycles. The van der Waals surface area contributed by atoms with Crippen LogP contribution in [-0.2, 0) is 6.54 Å². The number of hydrogen-bond donors (Lipinski definition) is 1. The van der Waals surface area contributed by atoms with Crippen molar-refractivity contribution in [1.29, 1.82) is 0 Å². The molecule has 1 N–H and O–H groups in total. The highest BCUT2D eigenvalue weighted by Gasteiger charge is 2.12. The highest BCUT2D eigenvalue weighted by atomic mass is 32.1. The van der Waals surface area contributed by atoms with E-state index in [2.05, 4.69) is 25.4 Å². The molecule has 0 aliphatic heterocycles. The lowest BCUT2D eigenvalue weighted by molar-refractivity contribution is 0.0948. The van der Waals surface area contributed by atoms with E-state index in [0.29, 0.717) is 22.9 Å². The zero-order chi connectivity index (χ0) is 19.6. The highest BCUT2D eigenvalue weighted by Crippen LogP contribution is 2.31. The number of carbonyl (C=O) groups is 1. The Hall–Kier alpha value is -3.85. The second-order valence-corrected chi connectivity index (χ2v) is 7.21. The van der Waals surface area contributed by atoms with Crippen molar-refractivity contribution in [3.05, 3.63) is 78.7 Å². The second-order valence-electron chi connectivity index (χ2n) is 6.18. The molecule has 9 heteroatoms. The standard InChI is InChI=1S/C20H14N6O2S/c27-19(13-7-8-22-18(9-13)26-12-21-11-24-26)23-10-14-5-6-16(28-14)20-25-15-3-1-2-4-17(15)29-20/h1-9,11-12H,10H2,(H,23,27). The minimum absolute atomic E-state index is 0.230. The molecule has 0 aliphatic rings. The van der Waals surface area contributed by atoms with E-state index in [1.54, 1.807) is 29.7 Å². The summed E-state index contributed by atoms with van der Waals surface area (Å²) in [6.45, 7) is 0.269. The van der Waals surface area contributed by atoms with Gasteiger partial charge in [-0.05, 0) is 36.4 Å². The maximum absolute atomic E-state index is 12.5. The number of aromatic nitrogens is 5. The van der Waals surface area contributed by atoms with Crippen LogP contribution >= 0.6 is 11.3 Å². The van der Waals surface area contributed by atoms with Gasteiger partial charge in [0.05, 0.1) is 16.8 Å². The number of nitrogens with zero attached hydrogens (tertiary/aromatic N) is 5. The van der Waals surface area contributed by atoms with Crippen molar-refractivity contribution in [3.63, 3.8) is 0 Å². The zero-order valence-electron chi connectivity index (χ0n) is 15.0. The van der Waals surface area contributed by atoms with Crippen molar-refractivity contribution in [2.75, 3.05) is 0 Å². The van der Waals surface area contributed by atoms with Crippen molar-refractivity contribution < 1.29 is 9.21 Å². The third-order valence-electron chi connectivity index (χ3n) is 4.25. The quantitative estimate of drug-likeness (QED) is 0.483. The third kappa shape index (κ3) is 3.50. The highest BCUT2D eigenvalue weighted by molar-refractivity contribution is 7.21. The largest absolute Gasteiger partial charge is 0.457 e. The van der Waals surface area contributed by atoms with Crippen LogP contribution in [0, 0.1) is 0 Å². The molecule has 0 spiro atoms. The van der Waals surface area contributed by atoms with Gasteiger partial charge in [0, 0.05) is 11.8 Å². The fourth-order valence-electron chi connectivity index (χ4n) is 2.85. The van der Waals surface area contributed by atoms with Crippen molar-refractivity contribution in [3.8, 4) is 16.6 Å². The van der Waals surface area contributed by atoms with Gasteiger partial charge in [-0.15, -0.1) is 11.3 Å². The first-order valence-electron chi connectivity index (χ1n) is 8.80. The van der Waals surface area contributed by atoms with Gasteiger partial charge < -0.3 is 9.73 Å². The molecule has 1 aromatic carbocycles. The monoisotopic (exact) mass is 402 g/mol. The number of amides is 1. The number of nitrogens with one attached hydrogen (secondary N) is 1. The minimum atomic E-state index is -0.230. The first-order valence-corrected chi connectivity index (χ1v) is 9.62. The summed E-state index contributed by atoms with van der Waals surface area (Å²) in [7, 11) is 0. The van der Waals surface area contributed by atoms with Crippen LogP contribution in [0.1, 0.15) is 16.1 Å². The number of para-hydroxylation sites is 1. The smallest absolute Gasteiger partial charge is 0.251 e. The van der Waals surface area contributed by atoms with Crippen LogP contribution in [0.5, 0.6) is 0 Å². The number of thiazole rings is 1. The zero-order valence-corrected chi connectivity index (χ0v) is 15.8. The number of rotatable bonds is 5. The van der Waals surface area contributed by atoms with Gasteiger partial charge in [0.1, 0.15) is 18.4 Å². The minimum Gasteiger partial charge on any atom is -0.457 e. The average Bonchev–Trinajstić information content (AvgIpc) is 3.52. The first kappa shape index (κ1) is 17.3. The fourth-order valence-corrected chi connectivity index (χ4v) is 3.77. The van der Waals surface area contributed by atoms with Crippen molar-refractivity contribution in [2.45, 2.75) is 6.54 Å². The molecule has 0 fully saturated rings. The number of carbonyl (C=O) groups excluding carboxylic acids is 1. The van der Waals surface area contributed by atoms with E-state index >= 15 is 0 Å². The Morgan fingerprint density at radius 2 is 2.10 bits per heavy atom. The Morgan fingerprint density at radius 1 is 1.17 bits per heavy atom. The molecule has 0 atom stereocenters. The molecule has 8 nitrogen and oxygen atoms in total. The first-order chi connectivity index (χ1) is 14.3. The van der Waals surface area contributed by atoms with E-state index in [0.717, 1.165) is 15.2 Å². The summed E-state index contributed by atoms with van der Waals surface area (Å²) in [5, 5.41) is 7.69. The molecule has 4 aromatic heterocycles. The van der Waals surface area contributed by atoms with Gasteiger partial charge in [-0.1, -0.05) is 12.1 Å². The van der Waals surface area contributed by atoms with Crippen molar-refractivity contribution in [2.24, 2.45) is 0 Å². The molecule has 142 valence electrons. The van der Waals surface area contributed by atoms with Crippen LogP contribution in [0.2, 0.25) is 0 Å². The predicted octanol–water partition coefficient (Wildman–Crippen LogP) is 3.46. The summed E-state index contributed by atoms with van der Waals surface area (Å²) in [6, 6.07) is 15.0. The normalized spacial score (nSPS) is 11.0. The van der Waals surface area contributed by atoms with Gasteiger partial charge in [0.2, 0.25) is 0 Å².